The number of amides is 2. The summed E-state index contributed by atoms with van der Waals surface area (Å²) in [7, 11) is -4.68. The zero-order valence-corrected chi connectivity index (χ0v) is 12.0. The molecule has 1 rings (SSSR count). The number of carbonyl (C=O) groups is 2. The van der Waals surface area contributed by atoms with Crippen molar-refractivity contribution in [3.63, 3.8) is 0 Å². The summed E-state index contributed by atoms with van der Waals surface area (Å²) in [5.41, 5.74) is 4.17. The van der Waals surface area contributed by atoms with E-state index in [-0.39, 0.29) is 26.0 Å². The normalized spacial score (nSPS) is 22.9. The highest BCUT2D eigenvalue weighted by Crippen LogP contribution is 2.18. The van der Waals surface area contributed by atoms with E-state index in [0.29, 0.717) is 0 Å². The third-order valence-electron chi connectivity index (χ3n) is 2.77. The SMILES string of the molecule is CCONC(=O)[C@@H]1CC[C@@H](NOS(=O)(=O)O)CN1C(=O)O. The van der Waals surface area contributed by atoms with Crippen molar-refractivity contribution in [2.45, 2.75) is 31.8 Å². The second kappa shape index (κ2) is 7.51. The summed E-state index contributed by atoms with van der Waals surface area (Å²) in [6.07, 6.45) is -0.939. The maximum Gasteiger partial charge on any atom is 0.413 e. The van der Waals surface area contributed by atoms with Crippen LogP contribution < -0.4 is 11.0 Å². The van der Waals surface area contributed by atoms with Crippen molar-refractivity contribution >= 4 is 22.4 Å². The Morgan fingerprint density at radius 3 is 2.57 bits per heavy atom. The third-order valence-corrected chi connectivity index (χ3v) is 3.07. The lowest BCUT2D eigenvalue weighted by molar-refractivity contribution is -0.139. The molecular weight excluding hydrogens is 310 g/mol. The molecule has 0 radical (unpaired) electrons. The quantitative estimate of drug-likeness (QED) is 0.351. The number of rotatable bonds is 6. The summed E-state index contributed by atoms with van der Waals surface area (Å²) in [4.78, 5) is 28.5. The van der Waals surface area contributed by atoms with Crippen LogP contribution in [0.3, 0.4) is 0 Å². The Morgan fingerprint density at radius 1 is 1.38 bits per heavy atom. The van der Waals surface area contributed by atoms with Gasteiger partial charge in [-0.05, 0) is 19.8 Å². The molecule has 12 heteroatoms. The second-order valence-corrected chi connectivity index (χ2v) is 5.28. The van der Waals surface area contributed by atoms with Gasteiger partial charge in [0.2, 0.25) is 0 Å². The number of carboxylic acid groups (broad SMARTS) is 1. The van der Waals surface area contributed by atoms with E-state index in [1.54, 1.807) is 6.92 Å². The molecule has 0 unspecified atom stereocenters. The van der Waals surface area contributed by atoms with Crippen molar-refractivity contribution in [3.05, 3.63) is 0 Å². The number of likely N-dealkylation sites (tertiary alicyclic amines) is 1. The Balaban J connectivity index is 2.63. The summed E-state index contributed by atoms with van der Waals surface area (Å²) in [6.45, 7) is 1.70. The first kappa shape index (κ1) is 17.6. The van der Waals surface area contributed by atoms with E-state index in [1.807, 2.05) is 5.48 Å². The van der Waals surface area contributed by atoms with E-state index in [0.717, 1.165) is 4.90 Å². The average Bonchev–Trinajstić information content (AvgIpc) is 2.41. The van der Waals surface area contributed by atoms with Gasteiger partial charge >= 0.3 is 16.5 Å². The second-order valence-electron chi connectivity index (χ2n) is 4.25. The van der Waals surface area contributed by atoms with E-state index in [1.165, 1.54) is 0 Å². The van der Waals surface area contributed by atoms with Gasteiger partial charge in [0.1, 0.15) is 6.04 Å². The molecule has 1 heterocycles. The fourth-order valence-corrected chi connectivity index (χ4v) is 2.15. The number of hydrogen-bond donors (Lipinski definition) is 4. The molecule has 0 spiro atoms. The lowest BCUT2D eigenvalue weighted by atomic mass is 9.99. The Hall–Kier alpha value is -1.47. The molecule has 11 nitrogen and oxygen atoms in total. The number of nitrogens with one attached hydrogen (secondary N) is 2. The summed E-state index contributed by atoms with van der Waals surface area (Å²) in [6, 6.07) is -1.63. The molecule has 4 N–H and O–H groups in total. The highest BCUT2D eigenvalue weighted by molar-refractivity contribution is 7.80. The fraction of sp³-hybridized carbons (Fsp3) is 0.778. The Bertz CT molecular complexity index is 481. The van der Waals surface area contributed by atoms with Gasteiger partial charge in [-0.2, -0.15) is 18.2 Å². The lowest BCUT2D eigenvalue weighted by Gasteiger charge is -2.36. The minimum Gasteiger partial charge on any atom is -0.465 e. The largest absolute Gasteiger partial charge is 0.465 e. The first-order valence-electron chi connectivity index (χ1n) is 6.07. The molecule has 1 saturated heterocycles. The number of hydroxylamine groups is 2. The summed E-state index contributed by atoms with van der Waals surface area (Å²) in [5, 5.41) is 9.10. The van der Waals surface area contributed by atoms with Crippen LogP contribution in [0.15, 0.2) is 0 Å². The molecule has 2 atom stereocenters. The molecule has 0 aliphatic carbocycles. The first-order chi connectivity index (χ1) is 9.74. The van der Waals surface area contributed by atoms with Crippen molar-refractivity contribution in [2.75, 3.05) is 13.2 Å². The van der Waals surface area contributed by atoms with Gasteiger partial charge in [0, 0.05) is 6.54 Å². The number of piperidine rings is 1. The molecule has 1 aliphatic rings. The lowest BCUT2D eigenvalue weighted by Crippen LogP contribution is -2.57. The maximum atomic E-state index is 11.8. The number of carbonyl (C=O) groups excluding carboxylic acids is 1. The van der Waals surface area contributed by atoms with Crippen molar-refractivity contribution in [1.82, 2.24) is 15.9 Å². The molecule has 0 aromatic carbocycles. The number of hydrogen-bond acceptors (Lipinski definition) is 7. The molecule has 0 aromatic rings. The Morgan fingerprint density at radius 2 is 2.05 bits per heavy atom. The number of nitrogens with zero attached hydrogens (tertiary/aromatic N) is 1. The molecular formula is C9H17N3O8S. The van der Waals surface area contributed by atoms with Crippen LogP contribution in [0.2, 0.25) is 0 Å². The van der Waals surface area contributed by atoms with Crippen LogP contribution in [0.1, 0.15) is 19.8 Å². The predicted octanol–water partition coefficient (Wildman–Crippen LogP) is -1.11. The van der Waals surface area contributed by atoms with Gasteiger partial charge in [-0.15, -0.1) is 0 Å². The maximum absolute atomic E-state index is 11.8. The average molecular weight is 327 g/mol. The zero-order valence-electron chi connectivity index (χ0n) is 11.2. The van der Waals surface area contributed by atoms with Crippen molar-refractivity contribution in [3.8, 4) is 0 Å². The third kappa shape index (κ3) is 5.81. The van der Waals surface area contributed by atoms with Crippen LogP contribution in [0.5, 0.6) is 0 Å². The minimum absolute atomic E-state index is 0.137. The van der Waals surface area contributed by atoms with Crippen LogP contribution in [-0.4, -0.2) is 60.2 Å². The molecule has 1 fully saturated rings. The van der Waals surface area contributed by atoms with Crippen LogP contribution in [-0.2, 0) is 24.3 Å². The Labute approximate surface area is 121 Å². The van der Waals surface area contributed by atoms with Gasteiger partial charge in [0.15, 0.2) is 0 Å². The minimum atomic E-state index is -4.68. The first-order valence-corrected chi connectivity index (χ1v) is 7.43. The highest BCUT2D eigenvalue weighted by atomic mass is 32.3. The smallest absolute Gasteiger partial charge is 0.413 e. The molecule has 0 saturated carbocycles. The molecule has 0 bridgehead atoms. The molecule has 1 aliphatic heterocycles. The summed E-state index contributed by atoms with van der Waals surface area (Å²) < 4.78 is 33.3. The van der Waals surface area contributed by atoms with E-state index in [4.69, 9.17) is 14.5 Å². The van der Waals surface area contributed by atoms with Crippen LogP contribution in [0, 0.1) is 0 Å². The summed E-state index contributed by atoms with van der Waals surface area (Å²) >= 11 is 0. The highest BCUT2D eigenvalue weighted by Gasteiger charge is 2.36. The van der Waals surface area contributed by atoms with Crippen LogP contribution in [0.25, 0.3) is 0 Å². The molecule has 0 aromatic heterocycles. The van der Waals surface area contributed by atoms with E-state index >= 15 is 0 Å². The standard InChI is InChI=1S/C9H17N3O8S/c1-2-19-11-8(13)7-4-3-6(5-12(7)9(14)15)10-20-21(16,17)18/h6-7,10H,2-5H2,1H3,(H,11,13)(H,14,15)(H,16,17,18)/t6-,7+/m1/s1. The fourth-order valence-electron chi connectivity index (χ4n) is 1.89. The van der Waals surface area contributed by atoms with Gasteiger partial charge in [0.05, 0.1) is 12.6 Å². The van der Waals surface area contributed by atoms with E-state index in [2.05, 4.69) is 9.76 Å². The summed E-state index contributed by atoms with van der Waals surface area (Å²) in [5.74, 6) is -0.603. The van der Waals surface area contributed by atoms with Crippen LogP contribution in [0.4, 0.5) is 4.79 Å². The van der Waals surface area contributed by atoms with E-state index < -0.39 is 34.5 Å². The van der Waals surface area contributed by atoms with Gasteiger partial charge in [0.25, 0.3) is 5.91 Å². The monoisotopic (exact) mass is 327 g/mol. The van der Waals surface area contributed by atoms with Gasteiger partial charge in [-0.3, -0.25) is 19.1 Å². The van der Waals surface area contributed by atoms with Crippen LogP contribution >= 0.6 is 0 Å². The topological polar surface area (TPSA) is 154 Å². The van der Waals surface area contributed by atoms with Gasteiger partial charge in [-0.1, -0.05) is 0 Å². The van der Waals surface area contributed by atoms with Crippen molar-refractivity contribution in [2.24, 2.45) is 0 Å². The van der Waals surface area contributed by atoms with Crippen molar-refractivity contribution in [1.29, 1.82) is 0 Å². The molecule has 21 heavy (non-hydrogen) atoms. The zero-order chi connectivity index (χ0) is 16.0. The van der Waals surface area contributed by atoms with Gasteiger partial charge in [-0.25, -0.2) is 10.3 Å². The van der Waals surface area contributed by atoms with Crippen molar-refractivity contribution < 1.29 is 36.8 Å². The Kier molecular flexibility index (Phi) is 6.29. The molecule has 2 amide bonds. The van der Waals surface area contributed by atoms with E-state index in [9.17, 15) is 18.0 Å². The predicted molar refractivity (Wildman–Crippen MR) is 67.1 cm³/mol. The molecule has 122 valence electrons. The van der Waals surface area contributed by atoms with Gasteiger partial charge < -0.3 is 5.11 Å².